The number of ether oxygens (including phenoxy) is 2. The van der Waals surface area contributed by atoms with Gasteiger partial charge in [0.05, 0.1) is 13.7 Å². The Bertz CT molecular complexity index is 1150. The summed E-state index contributed by atoms with van der Waals surface area (Å²) in [4.78, 5) is 17.8. The number of rotatable bonds is 5. The van der Waals surface area contributed by atoms with E-state index in [9.17, 15) is 4.79 Å². The Morgan fingerprint density at radius 1 is 1.10 bits per heavy atom. The zero-order chi connectivity index (χ0) is 21.4. The summed E-state index contributed by atoms with van der Waals surface area (Å²) in [5, 5.41) is 7.78. The van der Waals surface area contributed by atoms with Crippen molar-refractivity contribution in [3.8, 4) is 11.5 Å². The van der Waals surface area contributed by atoms with Crippen molar-refractivity contribution in [1.29, 1.82) is 0 Å². The predicted octanol–water partition coefficient (Wildman–Crippen LogP) is 4.10. The molecule has 0 saturated heterocycles. The molecule has 1 aliphatic heterocycles. The highest BCUT2D eigenvalue weighted by atomic mass is 16.5. The van der Waals surface area contributed by atoms with E-state index in [2.05, 4.69) is 27.5 Å². The number of anilines is 1. The molecule has 0 bridgehead atoms. The second-order valence-corrected chi connectivity index (χ2v) is 7.73. The molecular weight excluding hydrogens is 392 g/mol. The van der Waals surface area contributed by atoms with Crippen molar-refractivity contribution in [3.63, 3.8) is 0 Å². The molecular formula is C24H24N4O3. The van der Waals surface area contributed by atoms with Gasteiger partial charge < -0.3 is 14.8 Å². The summed E-state index contributed by atoms with van der Waals surface area (Å²) in [6, 6.07) is 15.6. The highest BCUT2D eigenvalue weighted by molar-refractivity contribution is 6.00. The third-order valence-electron chi connectivity index (χ3n) is 5.94. The number of fused-ring (bicyclic) bond motifs is 1. The maximum atomic E-state index is 13.4. The molecule has 1 aromatic heterocycles. The average molecular weight is 416 g/mol. The topological polar surface area (TPSA) is 78.3 Å². The van der Waals surface area contributed by atoms with E-state index in [1.165, 1.54) is 11.9 Å². The van der Waals surface area contributed by atoms with E-state index in [1.807, 2.05) is 43.3 Å². The van der Waals surface area contributed by atoms with Gasteiger partial charge in [0.2, 0.25) is 5.95 Å². The standard InChI is InChI=1S/C24H24N4O3/c1-3-31-20-10-9-16(13-21(20)30-2)23-22-18(27-24-25-14-26-28(23)24)11-17(12-19(22)29)15-7-5-4-6-8-15/h4-10,13-14,17,23H,3,11-12H2,1-2H3,(H,25,26,27)/t17-,23-/m1/s1. The molecule has 0 unspecified atom stereocenters. The zero-order valence-electron chi connectivity index (χ0n) is 17.5. The van der Waals surface area contributed by atoms with Gasteiger partial charge >= 0.3 is 0 Å². The SMILES string of the molecule is CCOc1ccc([C@@H]2C3=C(C[C@@H](c4ccccc4)CC3=O)Nc3ncnn32)cc1OC. The zero-order valence-corrected chi connectivity index (χ0v) is 17.5. The molecule has 1 aliphatic carbocycles. The van der Waals surface area contributed by atoms with Crippen LogP contribution in [0.25, 0.3) is 0 Å². The smallest absolute Gasteiger partial charge is 0.226 e. The van der Waals surface area contributed by atoms with E-state index in [0.29, 0.717) is 30.5 Å². The minimum absolute atomic E-state index is 0.126. The van der Waals surface area contributed by atoms with E-state index in [4.69, 9.17) is 9.47 Å². The van der Waals surface area contributed by atoms with Gasteiger partial charge in [-0.15, -0.1) is 0 Å². The second-order valence-electron chi connectivity index (χ2n) is 7.73. The van der Waals surface area contributed by atoms with Crippen molar-refractivity contribution in [2.24, 2.45) is 0 Å². The lowest BCUT2D eigenvalue weighted by molar-refractivity contribution is -0.116. The number of carbonyl (C=O) groups is 1. The number of hydrogen-bond acceptors (Lipinski definition) is 6. The average Bonchev–Trinajstić information content (AvgIpc) is 3.27. The fourth-order valence-electron chi connectivity index (χ4n) is 4.55. The summed E-state index contributed by atoms with van der Waals surface area (Å²) < 4.78 is 13.0. The minimum Gasteiger partial charge on any atom is -0.493 e. The summed E-state index contributed by atoms with van der Waals surface area (Å²) >= 11 is 0. The first-order valence-electron chi connectivity index (χ1n) is 10.5. The molecule has 158 valence electrons. The maximum Gasteiger partial charge on any atom is 0.226 e. The molecule has 0 amide bonds. The van der Waals surface area contributed by atoms with Gasteiger partial charge in [-0.2, -0.15) is 10.1 Å². The number of carbonyl (C=O) groups excluding carboxylic acids is 1. The first-order chi connectivity index (χ1) is 15.2. The van der Waals surface area contributed by atoms with Crippen molar-refractivity contribution >= 4 is 11.7 Å². The third-order valence-corrected chi connectivity index (χ3v) is 5.94. The Morgan fingerprint density at radius 3 is 2.71 bits per heavy atom. The highest BCUT2D eigenvalue weighted by Gasteiger charge is 2.39. The lowest BCUT2D eigenvalue weighted by Gasteiger charge is -2.35. The van der Waals surface area contributed by atoms with Gasteiger partial charge in [-0.1, -0.05) is 36.4 Å². The Morgan fingerprint density at radius 2 is 1.94 bits per heavy atom. The number of ketones is 1. The largest absolute Gasteiger partial charge is 0.493 e. The van der Waals surface area contributed by atoms with E-state index in [-0.39, 0.29) is 17.7 Å². The molecule has 31 heavy (non-hydrogen) atoms. The monoisotopic (exact) mass is 416 g/mol. The van der Waals surface area contributed by atoms with Crippen LogP contribution in [0.4, 0.5) is 5.95 Å². The number of Topliss-reactive ketones (excluding diaryl/α,β-unsaturated/α-hetero) is 1. The molecule has 0 saturated carbocycles. The molecule has 7 heteroatoms. The summed E-state index contributed by atoms with van der Waals surface area (Å²) in [6.45, 7) is 2.48. The Balaban J connectivity index is 1.59. The van der Waals surface area contributed by atoms with Crippen molar-refractivity contribution in [1.82, 2.24) is 14.8 Å². The van der Waals surface area contributed by atoms with E-state index >= 15 is 0 Å². The van der Waals surface area contributed by atoms with Gasteiger partial charge in [0, 0.05) is 17.7 Å². The van der Waals surface area contributed by atoms with Crippen LogP contribution in [0.1, 0.15) is 42.9 Å². The van der Waals surface area contributed by atoms with Crippen LogP contribution in [0, 0.1) is 0 Å². The van der Waals surface area contributed by atoms with Crippen molar-refractivity contribution < 1.29 is 14.3 Å². The van der Waals surface area contributed by atoms with Crippen molar-refractivity contribution in [3.05, 3.63) is 77.3 Å². The van der Waals surface area contributed by atoms with E-state index < -0.39 is 0 Å². The molecule has 2 heterocycles. The van der Waals surface area contributed by atoms with Crippen LogP contribution in [-0.2, 0) is 4.79 Å². The normalized spacial score (nSPS) is 20.0. The molecule has 2 atom stereocenters. The van der Waals surface area contributed by atoms with Crippen LogP contribution in [0.2, 0.25) is 0 Å². The fourth-order valence-corrected chi connectivity index (χ4v) is 4.55. The number of nitrogens with zero attached hydrogens (tertiary/aromatic N) is 3. The van der Waals surface area contributed by atoms with Crippen LogP contribution in [0.5, 0.6) is 11.5 Å². The molecule has 0 fully saturated rings. The Kier molecular flexibility index (Phi) is 4.94. The molecule has 5 rings (SSSR count). The number of benzene rings is 2. The minimum atomic E-state index is -0.359. The Hall–Kier alpha value is -3.61. The fraction of sp³-hybridized carbons (Fsp3) is 0.292. The molecule has 0 spiro atoms. The van der Waals surface area contributed by atoms with Gasteiger partial charge in [0.25, 0.3) is 0 Å². The second kappa shape index (κ2) is 7.91. The van der Waals surface area contributed by atoms with Crippen LogP contribution >= 0.6 is 0 Å². The summed E-state index contributed by atoms with van der Waals surface area (Å²) in [6.07, 6.45) is 2.74. The number of methoxy groups -OCH3 is 1. The first kappa shape index (κ1) is 19.4. The van der Waals surface area contributed by atoms with Crippen molar-refractivity contribution in [2.45, 2.75) is 31.7 Å². The van der Waals surface area contributed by atoms with E-state index in [0.717, 1.165) is 23.3 Å². The quantitative estimate of drug-likeness (QED) is 0.675. The van der Waals surface area contributed by atoms with Crippen LogP contribution in [0.15, 0.2) is 66.1 Å². The maximum absolute atomic E-state index is 13.4. The lowest BCUT2D eigenvalue weighted by atomic mass is 9.78. The van der Waals surface area contributed by atoms with Crippen molar-refractivity contribution in [2.75, 3.05) is 19.0 Å². The summed E-state index contributed by atoms with van der Waals surface area (Å²) in [7, 11) is 1.62. The Labute approximate surface area is 180 Å². The first-order valence-corrected chi connectivity index (χ1v) is 10.5. The van der Waals surface area contributed by atoms with Gasteiger partial charge in [-0.3, -0.25) is 4.79 Å². The van der Waals surface area contributed by atoms with Gasteiger partial charge in [0.15, 0.2) is 17.3 Å². The highest BCUT2D eigenvalue weighted by Crippen LogP contribution is 2.45. The van der Waals surface area contributed by atoms with Gasteiger partial charge in [-0.05, 0) is 42.5 Å². The summed E-state index contributed by atoms with van der Waals surface area (Å²) in [5.74, 6) is 2.21. The third kappa shape index (κ3) is 3.36. The molecule has 7 nitrogen and oxygen atoms in total. The summed E-state index contributed by atoms with van der Waals surface area (Å²) in [5.41, 5.74) is 3.75. The number of aromatic nitrogens is 3. The number of nitrogens with one attached hydrogen (secondary N) is 1. The molecule has 2 aromatic carbocycles. The number of hydrogen-bond donors (Lipinski definition) is 1. The van der Waals surface area contributed by atoms with Crippen LogP contribution in [-0.4, -0.2) is 34.3 Å². The number of allylic oxidation sites excluding steroid dienone is 2. The van der Waals surface area contributed by atoms with Gasteiger partial charge in [0.1, 0.15) is 12.4 Å². The molecule has 2 aliphatic rings. The predicted molar refractivity (Wildman–Crippen MR) is 116 cm³/mol. The lowest BCUT2D eigenvalue weighted by Crippen LogP contribution is -2.33. The molecule has 1 N–H and O–H groups in total. The molecule has 3 aromatic rings. The van der Waals surface area contributed by atoms with E-state index in [1.54, 1.807) is 11.8 Å². The van der Waals surface area contributed by atoms with Gasteiger partial charge in [-0.25, -0.2) is 4.68 Å². The van der Waals surface area contributed by atoms with Crippen LogP contribution < -0.4 is 14.8 Å². The molecule has 0 radical (unpaired) electrons. The van der Waals surface area contributed by atoms with Crippen LogP contribution in [0.3, 0.4) is 0 Å².